The van der Waals surface area contributed by atoms with Gasteiger partial charge in [0.05, 0.1) is 29.1 Å². The van der Waals surface area contributed by atoms with Crippen LogP contribution >= 0.6 is 11.8 Å². The minimum atomic E-state index is -0.0842. The van der Waals surface area contributed by atoms with Crippen molar-refractivity contribution in [2.24, 2.45) is 0 Å². The lowest BCUT2D eigenvalue weighted by atomic mass is 10.1. The maximum atomic E-state index is 12.5. The average Bonchev–Trinajstić information content (AvgIpc) is 2.52. The Morgan fingerprint density at radius 1 is 1.24 bits per heavy atom. The van der Waals surface area contributed by atoms with Crippen molar-refractivity contribution in [1.82, 2.24) is 0 Å². The molecule has 0 fully saturated rings. The van der Waals surface area contributed by atoms with E-state index in [-0.39, 0.29) is 11.2 Å². The number of fused-ring (bicyclic) bond motifs is 1. The topological polar surface area (TPSA) is 44.1 Å². The molecule has 0 radical (unpaired) electrons. The van der Waals surface area contributed by atoms with Crippen LogP contribution in [0.25, 0.3) is 0 Å². The third kappa shape index (κ3) is 2.65. The van der Waals surface area contributed by atoms with E-state index in [1.165, 1.54) is 0 Å². The van der Waals surface area contributed by atoms with Crippen molar-refractivity contribution in [3.63, 3.8) is 0 Å². The van der Waals surface area contributed by atoms with E-state index in [0.717, 1.165) is 16.1 Å². The molecule has 3 nitrogen and oxygen atoms in total. The van der Waals surface area contributed by atoms with Gasteiger partial charge in [-0.15, -0.1) is 11.8 Å². The molecule has 0 aliphatic carbocycles. The van der Waals surface area contributed by atoms with Gasteiger partial charge in [-0.25, -0.2) is 0 Å². The monoisotopic (exact) mass is 294 g/mol. The van der Waals surface area contributed by atoms with Gasteiger partial charge in [-0.1, -0.05) is 24.3 Å². The fraction of sp³-hybridized carbons (Fsp3) is 0.176. The summed E-state index contributed by atoms with van der Waals surface area (Å²) < 4.78 is 0. The molecule has 2 aromatic carbocycles. The lowest BCUT2D eigenvalue weighted by Gasteiger charge is -2.32. The van der Waals surface area contributed by atoms with E-state index < -0.39 is 0 Å². The number of nitrogens with zero attached hydrogens (tertiary/aromatic N) is 2. The Labute approximate surface area is 128 Å². The molecule has 21 heavy (non-hydrogen) atoms. The van der Waals surface area contributed by atoms with Crippen LogP contribution in [0, 0.1) is 11.3 Å². The maximum absolute atomic E-state index is 12.5. The Bertz CT molecular complexity index is 736. The molecule has 0 saturated carbocycles. The molecule has 1 amide bonds. The highest BCUT2D eigenvalue weighted by atomic mass is 32.2. The van der Waals surface area contributed by atoms with Crippen molar-refractivity contribution in [2.45, 2.75) is 23.6 Å². The summed E-state index contributed by atoms with van der Waals surface area (Å²) >= 11 is 1.60. The first-order valence-electron chi connectivity index (χ1n) is 6.75. The summed E-state index contributed by atoms with van der Waals surface area (Å²) in [6.07, 6.45) is 0. The van der Waals surface area contributed by atoms with Crippen LogP contribution in [0.2, 0.25) is 0 Å². The molecule has 2 aromatic rings. The lowest BCUT2D eigenvalue weighted by Crippen LogP contribution is -2.39. The van der Waals surface area contributed by atoms with E-state index in [0.29, 0.717) is 12.1 Å². The van der Waals surface area contributed by atoms with E-state index in [2.05, 4.69) is 6.07 Å². The third-order valence-corrected chi connectivity index (χ3v) is 4.62. The number of anilines is 1. The summed E-state index contributed by atoms with van der Waals surface area (Å²) in [7, 11) is 0. The fourth-order valence-electron chi connectivity index (χ4n) is 2.44. The van der Waals surface area contributed by atoms with Gasteiger partial charge in [0.25, 0.3) is 0 Å². The zero-order valence-electron chi connectivity index (χ0n) is 11.6. The highest BCUT2D eigenvalue weighted by molar-refractivity contribution is 8.00. The Balaban J connectivity index is 1.97. The minimum absolute atomic E-state index is 0.0842. The first-order chi connectivity index (χ1) is 10.2. The van der Waals surface area contributed by atoms with Crippen LogP contribution < -0.4 is 4.90 Å². The summed E-state index contributed by atoms with van der Waals surface area (Å²) in [5.74, 6) is 0.112. The number of amides is 1. The Hall–Kier alpha value is -2.25. The van der Waals surface area contributed by atoms with E-state index >= 15 is 0 Å². The molecule has 0 spiro atoms. The SMILES string of the molecule is CC1Sc2ccccc2N(Cc2cccc(C#N)c2)C1=O. The van der Waals surface area contributed by atoms with Gasteiger partial charge in [-0.3, -0.25) is 4.79 Å². The Morgan fingerprint density at radius 2 is 2.05 bits per heavy atom. The van der Waals surface area contributed by atoms with Gasteiger partial charge < -0.3 is 4.90 Å². The number of hydrogen-bond acceptors (Lipinski definition) is 3. The molecule has 4 heteroatoms. The molecular formula is C17H14N2OS. The predicted molar refractivity (Wildman–Crippen MR) is 84.1 cm³/mol. The zero-order chi connectivity index (χ0) is 14.8. The summed E-state index contributed by atoms with van der Waals surface area (Å²) in [5.41, 5.74) is 2.54. The molecule has 0 N–H and O–H groups in total. The van der Waals surface area contributed by atoms with Crippen molar-refractivity contribution in [3.05, 3.63) is 59.7 Å². The number of thioether (sulfide) groups is 1. The van der Waals surface area contributed by atoms with Gasteiger partial charge in [0.15, 0.2) is 0 Å². The number of hydrogen-bond donors (Lipinski definition) is 0. The van der Waals surface area contributed by atoms with Gasteiger partial charge in [0, 0.05) is 4.90 Å². The summed E-state index contributed by atoms with van der Waals surface area (Å²) in [6.45, 7) is 2.43. The van der Waals surface area contributed by atoms with Gasteiger partial charge >= 0.3 is 0 Å². The molecule has 0 aromatic heterocycles. The highest BCUT2D eigenvalue weighted by Gasteiger charge is 2.30. The van der Waals surface area contributed by atoms with Crippen molar-refractivity contribution in [3.8, 4) is 6.07 Å². The number of nitriles is 1. The number of carbonyl (C=O) groups is 1. The number of para-hydroxylation sites is 1. The van der Waals surface area contributed by atoms with Crippen LogP contribution in [0.1, 0.15) is 18.1 Å². The van der Waals surface area contributed by atoms with E-state index in [1.54, 1.807) is 17.8 Å². The summed E-state index contributed by atoms with van der Waals surface area (Å²) in [6, 6.07) is 17.5. The largest absolute Gasteiger partial charge is 0.306 e. The van der Waals surface area contributed by atoms with Gasteiger partial charge in [0.1, 0.15) is 0 Å². The fourth-order valence-corrected chi connectivity index (χ4v) is 3.51. The second kappa shape index (κ2) is 5.63. The first kappa shape index (κ1) is 13.7. The first-order valence-corrected chi connectivity index (χ1v) is 7.63. The van der Waals surface area contributed by atoms with Crippen LogP contribution in [-0.4, -0.2) is 11.2 Å². The number of carbonyl (C=O) groups excluding carboxylic acids is 1. The second-order valence-electron chi connectivity index (χ2n) is 4.96. The molecule has 1 atom stereocenters. The molecule has 3 rings (SSSR count). The molecule has 0 saturated heterocycles. The van der Waals surface area contributed by atoms with Crippen LogP contribution in [0.5, 0.6) is 0 Å². The summed E-state index contributed by atoms with van der Waals surface area (Å²) in [5, 5.41) is 8.90. The van der Waals surface area contributed by atoms with Crippen molar-refractivity contribution in [1.29, 1.82) is 5.26 Å². The predicted octanol–water partition coefficient (Wildman–Crippen LogP) is 3.59. The van der Waals surface area contributed by atoms with Crippen molar-refractivity contribution in [2.75, 3.05) is 4.90 Å². The summed E-state index contributed by atoms with van der Waals surface area (Å²) in [4.78, 5) is 15.4. The standard InChI is InChI=1S/C17H14N2OS/c1-12-17(20)19(15-7-2-3-8-16(15)21-12)11-14-6-4-5-13(9-14)10-18/h2-9,12H,11H2,1H3. The average molecular weight is 294 g/mol. The quantitative estimate of drug-likeness (QED) is 0.850. The van der Waals surface area contributed by atoms with Gasteiger partial charge in [-0.2, -0.15) is 5.26 Å². The number of benzene rings is 2. The second-order valence-corrected chi connectivity index (χ2v) is 6.35. The van der Waals surface area contributed by atoms with Crippen LogP contribution in [0.4, 0.5) is 5.69 Å². The Kier molecular flexibility index (Phi) is 3.68. The van der Waals surface area contributed by atoms with Crippen molar-refractivity contribution >= 4 is 23.4 Å². The molecule has 1 unspecified atom stereocenters. The zero-order valence-corrected chi connectivity index (χ0v) is 12.4. The highest BCUT2D eigenvalue weighted by Crippen LogP contribution is 2.39. The van der Waals surface area contributed by atoms with Crippen LogP contribution in [0.15, 0.2) is 53.4 Å². The third-order valence-electron chi connectivity index (χ3n) is 3.47. The normalized spacial score (nSPS) is 17.2. The maximum Gasteiger partial charge on any atom is 0.240 e. The number of rotatable bonds is 2. The van der Waals surface area contributed by atoms with Crippen molar-refractivity contribution < 1.29 is 4.79 Å². The van der Waals surface area contributed by atoms with E-state index in [1.807, 2.05) is 54.3 Å². The molecule has 0 bridgehead atoms. The molecule has 1 aliphatic rings. The Morgan fingerprint density at radius 3 is 2.86 bits per heavy atom. The minimum Gasteiger partial charge on any atom is -0.306 e. The van der Waals surface area contributed by atoms with Crippen LogP contribution in [-0.2, 0) is 11.3 Å². The van der Waals surface area contributed by atoms with Gasteiger partial charge in [0.2, 0.25) is 5.91 Å². The van der Waals surface area contributed by atoms with Gasteiger partial charge in [-0.05, 0) is 36.8 Å². The molecule has 1 heterocycles. The lowest BCUT2D eigenvalue weighted by molar-refractivity contribution is -0.118. The smallest absolute Gasteiger partial charge is 0.240 e. The van der Waals surface area contributed by atoms with E-state index in [4.69, 9.17) is 5.26 Å². The van der Waals surface area contributed by atoms with Crippen LogP contribution in [0.3, 0.4) is 0 Å². The van der Waals surface area contributed by atoms with E-state index in [9.17, 15) is 4.79 Å². The molecule has 1 aliphatic heterocycles. The molecular weight excluding hydrogens is 280 g/mol. The molecule has 104 valence electrons.